The lowest BCUT2D eigenvalue weighted by Gasteiger charge is -2.24. The Labute approximate surface area is 139 Å². The van der Waals surface area contributed by atoms with Crippen molar-refractivity contribution in [3.63, 3.8) is 0 Å². The molecule has 3 N–H and O–H groups in total. The van der Waals surface area contributed by atoms with Crippen LogP contribution in [0.4, 0.5) is 5.82 Å². The topological polar surface area (TPSA) is 65.6 Å². The minimum Gasteiger partial charge on any atom is -0.367 e. The molecule has 0 aromatic carbocycles. The maximum Gasteiger partial charge on any atom is 0.137 e. The largest absolute Gasteiger partial charge is 0.367 e. The molecule has 4 heterocycles. The number of aromatic amines is 1. The molecule has 0 aliphatic carbocycles. The van der Waals surface area contributed by atoms with Crippen LogP contribution >= 0.6 is 11.6 Å². The summed E-state index contributed by atoms with van der Waals surface area (Å²) in [5.41, 5.74) is 3.01. The standard InChI is InChI=1S/C17H18ClN5/c18-15-8-11(14-10-21-17-13(14)2-1-5-20-17)9-16(23-15)22-12-3-6-19-7-4-12/h1-2,5,8-10,12,19H,3-4,6-7H2,(H,20,21)(H,22,23). The Morgan fingerprint density at radius 2 is 2.09 bits per heavy atom. The van der Waals surface area contributed by atoms with Crippen molar-refractivity contribution in [1.82, 2.24) is 20.3 Å². The lowest BCUT2D eigenvalue weighted by atomic mass is 10.1. The zero-order valence-electron chi connectivity index (χ0n) is 12.6. The van der Waals surface area contributed by atoms with E-state index < -0.39 is 0 Å². The molecule has 0 radical (unpaired) electrons. The number of pyridine rings is 2. The van der Waals surface area contributed by atoms with E-state index in [4.69, 9.17) is 11.6 Å². The molecule has 3 aromatic heterocycles. The number of anilines is 1. The second-order valence-electron chi connectivity index (χ2n) is 5.83. The summed E-state index contributed by atoms with van der Waals surface area (Å²) >= 11 is 6.25. The molecule has 4 rings (SSSR count). The highest BCUT2D eigenvalue weighted by Crippen LogP contribution is 2.30. The van der Waals surface area contributed by atoms with Crippen LogP contribution in [-0.4, -0.2) is 34.1 Å². The van der Waals surface area contributed by atoms with Crippen LogP contribution in [0.3, 0.4) is 0 Å². The molecule has 0 atom stereocenters. The van der Waals surface area contributed by atoms with E-state index in [2.05, 4.69) is 37.7 Å². The number of nitrogens with one attached hydrogen (secondary N) is 3. The first-order chi connectivity index (χ1) is 11.3. The second kappa shape index (κ2) is 6.18. The van der Waals surface area contributed by atoms with Crippen molar-refractivity contribution in [1.29, 1.82) is 0 Å². The predicted molar refractivity (Wildman–Crippen MR) is 93.8 cm³/mol. The van der Waals surface area contributed by atoms with E-state index in [1.54, 1.807) is 6.20 Å². The molecule has 0 spiro atoms. The number of hydrogen-bond donors (Lipinski definition) is 3. The molecule has 0 unspecified atom stereocenters. The quantitative estimate of drug-likeness (QED) is 0.645. The number of halogens is 1. The van der Waals surface area contributed by atoms with Crippen LogP contribution in [0.5, 0.6) is 0 Å². The van der Waals surface area contributed by atoms with E-state index in [1.807, 2.05) is 18.3 Å². The minimum absolute atomic E-state index is 0.444. The van der Waals surface area contributed by atoms with Gasteiger partial charge in [-0.3, -0.25) is 0 Å². The molecule has 1 aliphatic rings. The molecule has 1 saturated heterocycles. The minimum atomic E-state index is 0.444. The fraction of sp³-hybridized carbons (Fsp3) is 0.294. The van der Waals surface area contributed by atoms with Gasteiger partial charge >= 0.3 is 0 Å². The maximum atomic E-state index is 6.25. The molecule has 5 nitrogen and oxygen atoms in total. The molecule has 0 saturated carbocycles. The van der Waals surface area contributed by atoms with Crippen LogP contribution in [-0.2, 0) is 0 Å². The first-order valence-corrected chi connectivity index (χ1v) is 8.25. The van der Waals surface area contributed by atoms with E-state index >= 15 is 0 Å². The van der Waals surface area contributed by atoms with Gasteiger partial charge in [-0.25, -0.2) is 9.97 Å². The van der Waals surface area contributed by atoms with Crippen molar-refractivity contribution in [3.8, 4) is 11.1 Å². The van der Waals surface area contributed by atoms with Crippen molar-refractivity contribution in [2.75, 3.05) is 18.4 Å². The van der Waals surface area contributed by atoms with Gasteiger partial charge in [-0.2, -0.15) is 0 Å². The third kappa shape index (κ3) is 3.02. The summed E-state index contributed by atoms with van der Waals surface area (Å²) in [5, 5.41) is 8.46. The highest BCUT2D eigenvalue weighted by molar-refractivity contribution is 6.29. The Kier molecular flexibility index (Phi) is 3.89. The molecule has 0 amide bonds. The zero-order valence-corrected chi connectivity index (χ0v) is 13.4. The number of piperidine rings is 1. The number of hydrogen-bond acceptors (Lipinski definition) is 4. The van der Waals surface area contributed by atoms with Gasteiger partial charge in [-0.15, -0.1) is 0 Å². The highest BCUT2D eigenvalue weighted by Gasteiger charge is 2.15. The third-order valence-corrected chi connectivity index (χ3v) is 4.44. The number of nitrogens with zero attached hydrogens (tertiary/aromatic N) is 2. The fourth-order valence-electron chi connectivity index (χ4n) is 3.10. The van der Waals surface area contributed by atoms with Gasteiger partial charge in [-0.05, 0) is 55.8 Å². The third-order valence-electron chi connectivity index (χ3n) is 4.25. The van der Waals surface area contributed by atoms with Crippen molar-refractivity contribution < 1.29 is 0 Å². The molecule has 0 bridgehead atoms. The first-order valence-electron chi connectivity index (χ1n) is 7.87. The number of H-pyrrole nitrogens is 1. The summed E-state index contributed by atoms with van der Waals surface area (Å²) in [5.74, 6) is 0.831. The highest BCUT2D eigenvalue weighted by atomic mass is 35.5. The first kappa shape index (κ1) is 14.5. The van der Waals surface area contributed by atoms with Crippen LogP contribution in [0.2, 0.25) is 5.15 Å². The SMILES string of the molecule is Clc1cc(-c2c[nH]c3ncccc23)cc(NC2CCNCC2)n1. The Morgan fingerprint density at radius 3 is 2.96 bits per heavy atom. The van der Waals surface area contributed by atoms with Crippen LogP contribution in [0.25, 0.3) is 22.2 Å². The maximum absolute atomic E-state index is 6.25. The molecule has 118 valence electrons. The average Bonchev–Trinajstić information content (AvgIpc) is 2.99. The summed E-state index contributed by atoms with van der Waals surface area (Å²) in [6.07, 6.45) is 5.95. The normalized spacial score (nSPS) is 15.9. The molecule has 23 heavy (non-hydrogen) atoms. The van der Waals surface area contributed by atoms with Gasteiger partial charge in [0.15, 0.2) is 0 Å². The summed E-state index contributed by atoms with van der Waals surface area (Å²) < 4.78 is 0. The van der Waals surface area contributed by atoms with E-state index in [0.29, 0.717) is 11.2 Å². The van der Waals surface area contributed by atoms with Gasteiger partial charge < -0.3 is 15.6 Å². The Balaban J connectivity index is 1.68. The smallest absolute Gasteiger partial charge is 0.137 e. The number of fused-ring (bicyclic) bond motifs is 1. The molecular formula is C17H18ClN5. The predicted octanol–water partition coefficient (Wildman–Crippen LogP) is 3.44. The van der Waals surface area contributed by atoms with E-state index in [-0.39, 0.29) is 0 Å². The molecule has 6 heteroatoms. The van der Waals surface area contributed by atoms with Crippen molar-refractivity contribution in [3.05, 3.63) is 41.8 Å². The summed E-state index contributed by atoms with van der Waals surface area (Å²) in [7, 11) is 0. The number of aromatic nitrogens is 3. The fourth-order valence-corrected chi connectivity index (χ4v) is 3.31. The van der Waals surface area contributed by atoms with Gasteiger partial charge in [-0.1, -0.05) is 11.6 Å². The van der Waals surface area contributed by atoms with Gasteiger partial charge in [0, 0.05) is 29.4 Å². The van der Waals surface area contributed by atoms with Crippen molar-refractivity contribution in [2.45, 2.75) is 18.9 Å². The lowest BCUT2D eigenvalue weighted by molar-refractivity contribution is 0.478. The van der Waals surface area contributed by atoms with E-state index in [1.165, 1.54) is 0 Å². The van der Waals surface area contributed by atoms with Crippen molar-refractivity contribution in [2.24, 2.45) is 0 Å². The zero-order chi connectivity index (χ0) is 15.6. The molecule has 1 fully saturated rings. The van der Waals surface area contributed by atoms with E-state index in [9.17, 15) is 0 Å². The molecular weight excluding hydrogens is 310 g/mol. The van der Waals surface area contributed by atoms with Crippen LogP contribution < -0.4 is 10.6 Å². The van der Waals surface area contributed by atoms with Gasteiger partial charge in [0.2, 0.25) is 0 Å². The molecule has 1 aliphatic heterocycles. The monoisotopic (exact) mass is 327 g/mol. The van der Waals surface area contributed by atoms with Gasteiger partial charge in [0.05, 0.1) is 0 Å². The van der Waals surface area contributed by atoms with Crippen LogP contribution in [0, 0.1) is 0 Å². The van der Waals surface area contributed by atoms with Crippen LogP contribution in [0.15, 0.2) is 36.7 Å². The lowest BCUT2D eigenvalue weighted by Crippen LogP contribution is -2.35. The average molecular weight is 328 g/mol. The second-order valence-corrected chi connectivity index (χ2v) is 6.22. The number of rotatable bonds is 3. The van der Waals surface area contributed by atoms with Gasteiger partial charge in [0.1, 0.15) is 16.6 Å². The Hall–Kier alpha value is -2.11. The Morgan fingerprint density at radius 1 is 1.22 bits per heavy atom. The van der Waals surface area contributed by atoms with E-state index in [0.717, 1.165) is 53.9 Å². The Bertz CT molecular complexity index is 823. The molecule has 3 aromatic rings. The van der Waals surface area contributed by atoms with Gasteiger partial charge in [0.25, 0.3) is 0 Å². The summed E-state index contributed by atoms with van der Waals surface area (Å²) in [4.78, 5) is 12.0. The van der Waals surface area contributed by atoms with Crippen molar-refractivity contribution >= 4 is 28.5 Å². The summed E-state index contributed by atoms with van der Waals surface area (Å²) in [6.45, 7) is 2.08. The van der Waals surface area contributed by atoms with Crippen LogP contribution in [0.1, 0.15) is 12.8 Å². The summed E-state index contributed by atoms with van der Waals surface area (Å²) in [6, 6.07) is 8.40.